The molecule has 1 aliphatic heterocycles. The van der Waals surface area contributed by atoms with Gasteiger partial charge in [0.2, 0.25) is 0 Å². The van der Waals surface area contributed by atoms with Gasteiger partial charge >= 0.3 is 0 Å². The highest BCUT2D eigenvalue weighted by Gasteiger charge is 2.17. The summed E-state index contributed by atoms with van der Waals surface area (Å²) < 4.78 is 5.09. The van der Waals surface area contributed by atoms with Crippen molar-refractivity contribution >= 4 is 5.69 Å². The van der Waals surface area contributed by atoms with Crippen LogP contribution in [-0.4, -0.2) is 25.8 Å². The van der Waals surface area contributed by atoms with Crippen molar-refractivity contribution in [3.63, 3.8) is 0 Å². The monoisotopic (exact) mass is 192 g/mol. The number of nitrogens with one attached hydrogen (secondary N) is 1. The first-order valence-corrected chi connectivity index (χ1v) is 5.02. The Morgan fingerprint density at radius 1 is 1.29 bits per heavy atom. The number of hydrogen-bond acceptors (Lipinski definition) is 3. The summed E-state index contributed by atoms with van der Waals surface area (Å²) >= 11 is 0. The summed E-state index contributed by atoms with van der Waals surface area (Å²) in [5.74, 6) is 0. The number of rotatable bonds is 4. The summed E-state index contributed by atoms with van der Waals surface area (Å²) in [5, 5.41) is 3.39. The fraction of sp³-hybridized carbons (Fsp3) is 0.455. The zero-order valence-corrected chi connectivity index (χ0v) is 8.20. The van der Waals surface area contributed by atoms with Gasteiger partial charge in [-0.05, 0) is 30.7 Å². The van der Waals surface area contributed by atoms with Crippen molar-refractivity contribution in [3.8, 4) is 0 Å². The highest BCUT2D eigenvalue weighted by atomic mass is 16.5. The van der Waals surface area contributed by atoms with Crippen LogP contribution in [0.2, 0.25) is 0 Å². The van der Waals surface area contributed by atoms with E-state index >= 15 is 0 Å². The van der Waals surface area contributed by atoms with Gasteiger partial charge in [0, 0.05) is 5.69 Å². The van der Waals surface area contributed by atoms with Crippen LogP contribution in [0.3, 0.4) is 0 Å². The SMILES string of the molecule is NCCc1ccc(NC2COC2)cc1. The molecule has 0 amide bonds. The standard InChI is InChI=1S/C11H16N2O/c12-6-5-9-1-3-10(4-2-9)13-11-7-14-8-11/h1-4,11,13H,5-8,12H2. The second-order valence-corrected chi connectivity index (χ2v) is 3.61. The summed E-state index contributed by atoms with van der Waals surface area (Å²) in [6.45, 7) is 2.36. The molecule has 0 atom stereocenters. The molecule has 0 spiro atoms. The van der Waals surface area contributed by atoms with Crippen LogP contribution in [-0.2, 0) is 11.2 Å². The Kier molecular flexibility index (Phi) is 3.01. The van der Waals surface area contributed by atoms with Gasteiger partial charge < -0.3 is 15.8 Å². The first-order chi connectivity index (χ1) is 6.88. The maximum atomic E-state index is 5.48. The van der Waals surface area contributed by atoms with E-state index in [1.165, 1.54) is 11.3 Å². The van der Waals surface area contributed by atoms with Gasteiger partial charge in [0.25, 0.3) is 0 Å². The Morgan fingerprint density at radius 2 is 2.00 bits per heavy atom. The number of benzene rings is 1. The number of nitrogens with two attached hydrogens (primary N) is 1. The molecule has 0 saturated carbocycles. The third-order valence-electron chi connectivity index (χ3n) is 2.40. The highest BCUT2D eigenvalue weighted by Crippen LogP contribution is 2.13. The molecule has 76 valence electrons. The summed E-state index contributed by atoms with van der Waals surface area (Å²) in [7, 11) is 0. The first-order valence-electron chi connectivity index (χ1n) is 5.02. The topological polar surface area (TPSA) is 47.3 Å². The predicted octanol–water partition coefficient (Wildman–Crippen LogP) is 0.998. The van der Waals surface area contributed by atoms with Gasteiger partial charge in [-0.25, -0.2) is 0 Å². The van der Waals surface area contributed by atoms with E-state index in [4.69, 9.17) is 10.5 Å². The van der Waals surface area contributed by atoms with Crippen molar-refractivity contribution in [1.82, 2.24) is 0 Å². The Balaban J connectivity index is 1.91. The van der Waals surface area contributed by atoms with E-state index in [0.29, 0.717) is 12.6 Å². The molecule has 3 N–H and O–H groups in total. The van der Waals surface area contributed by atoms with Gasteiger partial charge in [0.15, 0.2) is 0 Å². The molecule has 1 aromatic rings. The summed E-state index contributed by atoms with van der Waals surface area (Å²) in [4.78, 5) is 0. The molecule has 3 heteroatoms. The molecular weight excluding hydrogens is 176 g/mol. The molecule has 1 aliphatic rings. The predicted molar refractivity (Wildman–Crippen MR) is 57.4 cm³/mol. The zero-order chi connectivity index (χ0) is 9.80. The van der Waals surface area contributed by atoms with Crippen LogP contribution in [0.4, 0.5) is 5.69 Å². The maximum Gasteiger partial charge on any atom is 0.0728 e. The molecule has 1 fully saturated rings. The molecule has 1 heterocycles. The lowest BCUT2D eigenvalue weighted by atomic mass is 10.1. The van der Waals surface area contributed by atoms with Crippen LogP contribution < -0.4 is 11.1 Å². The fourth-order valence-corrected chi connectivity index (χ4v) is 1.49. The van der Waals surface area contributed by atoms with Gasteiger partial charge in [-0.3, -0.25) is 0 Å². The van der Waals surface area contributed by atoms with Crippen LogP contribution in [0.25, 0.3) is 0 Å². The third-order valence-corrected chi connectivity index (χ3v) is 2.40. The Hall–Kier alpha value is -1.06. The van der Waals surface area contributed by atoms with Crippen LogP contribution in [0, 0.1) is 0 Å². The van der Waals surface area contributed by atoms with Gasteiger partial charge in [-0.2, -0.15) is 0 Å². The Labute approximate surface area is 84.3 Å². The van der Waals surface area contributed by atoms with E-state index in [0.717, 1.165) is 19.6 Å². The minimum Gasteiger partial charge on any atom is -0.378 e. The minimum absolute atomic E-state index is 0.496. The second-order valence-electron chi connectivity index (χ2n) is 3.61. The first kappa shape index (κ1) is 9.49. The van der Waals surface area contributed by atoms with Gasteiger partial charge in [0.05, 0.1) is 19.3 Å². The van der Waals surface area contributed by atoms with Gasteiger partial charge in [0.1, 0.15) is 0 Å². The largest absolute Gasteiger partial charge is 0.378 e. The molecule has 1 saturated heterocycles. The Morgan fingerprint density at radius 3 is 2.50 bits per heavy atom. The minimum atomic E-state index is 0.496. The lowest BCUT2D eigenvalue weighted by molar-refractivity contribution is 0.0211. The lowest BCUT2D eigenvalue weighted by Gasteiger charge is -2.27. The van der Waals surface area contributed by atoms with E-state index < -0.39 is 0 Å². The van der Waals surface area contributed by atoms with Crippen molar-refractivity contribution in [2.75, 3.05) is 25.1 Å². The van der Waals surface area contributed by atoms with Crippen LogP contribution in [0.5, 0.6) is 0 Å². The van der Waals surface area contributed by atoms with Crippen LogP contribution in [0.15, 0.2) is 24.3 Å². The average molecular weight is 192 g/mol. The number of anilines is 1. The molecule has 3 nitrogen and oxygen atoms in total. The molecule has 0 bridgehead atoms. The van der Waals surface area contributed by atoms with E-state index in [-0.39, 0.29) is 0 Å². The van der Waals surface area contributed by atoms with E-state index in [9.17, 15) is 0 Å². The third kappa shape index (κ3) is 2.25. The van der Waals surface area contributed by atoms with E-state index in [1.807, 2.05) is 0 Å². The van der Waals surface area contributed by atoms with E-state index in [1.54, 1.807) is 0 Å². The van der Waals surface area contributed by atoms with Crippen molar-refractivity contribution < 1.29 is 4.74 Å². The van der Waals surface area contributed by atoms with Gasteiger partial charge in [-0.15, -0.1) is 0 Å². The average Bonchev–Trinajstić information content (AvgIpc) is 2.14. The van der Waals surface area contributed by atoms with Crippen molar-refractivity contribution in [2.24, 2.45) is 5.73 Å². The lowest BCUT2D eigenvalue weighted by Crippen LogP contribution is -2.40. The van der Waals surface area contributed by atoms with Crippen molar-refractivity contribution in [1.29, 1.82) is 0 Å². The van der Waals surface area contributed by atoms with Crippen LogP contribution >= 0.6 is 0 Å². The molecule has 1 aromatic carbocycles. The maximum absolute atomic E-state index is 5.48. The zero-order valence-electron chi connectivity index (χ0n) is 8.20. The fourth-order valence-electron chi connectivity index (χ4n) is 1.49. The molecule has 0 unspecified atom stereocenters. The summed E-state index contributed by atoms with van der Waals surface area (Å²) in [6.07, 6.45) is 0.951. The Bertz CT molecular complexity index is 280. The molecule has 0 aromatic heterocycles. The highest BCUT2D eigenvalue weighted by molar-refractivity contribution is 5.45. The molecular formula is C11H16N2O. The van der Waals surface area contributed by atoms with Crippen molar-refractivity contribution in [2.45, 2.75) is 12.5 Å². The normalized spacial score (nSPS) is 16.4. The molecule has 0 aliphatic carbocycles. The van der Waals surface area contributed by atoms with Crippen molar-refractivity contribution in [3.05, 3.63) is 29.8 Å². The second kappa shape index (κ2) is 4.44. The number of hydrogen-bond donors (Lipinski definition) is 2. The summed E-state index contributed by atoms with van der Waals surface area (Å²) in [5.41, 5.74) is 7.94. The quantitative estimate of drug-likeness (QED) is 0.748. The molecule has 14 heavy (non-hydrogen) atoms. The number of ether oxygens (including phenoxy) is 1. The smallest absolute Gasteiger partial charge is 0.0728 e. The van der Waals surface area contributed by atoms with E-state index in [2.05, 4.69) is 29.6 Å². The van der Waals surface area contributed by atoms with Crippen LogP contribution in [0.1, 0.15) is 5.56 Å². The molecule has 2 rings (SSSR count). The summed E-state index contributed by atoms with van der Waals surface area (Å²) in [6, 6.07) is 8.94. The van der Waals surface area contributed by atoms with Gasteiger partial charge in [-0.1, -0.05) is 12.1 Å². The molecule has 0 radical (unpaired) electrons.